The van der Waals surface area contributed by atoms with Crippen LogP contribution in [0, 0.1) is 0 Å². The minimum atomic E-state index is -1.35. The summed E-state index contributed by atoms with van der Waals surface area (Å²) in [5.41, 5.74) is -0.644. The first-order chi connectivity index (χ1) is 23.5. The third kappa shape index (κ3) is 24.7. The first-order valence-corrected chi connectivity index (χ1v) is 20.2. The van der Waals surface area contributed by atoms with Gasteiger partial charge >= 0.3 is 17.9 Å². The maximum absolute atomic E-state index is 12.3. The molecule has 1 rings (SSSR count). The Morgan fingerprint density at radius 3 is 1.04 bits per heavy atom. The van der Waals surface area contributed by atoms with Crippen molar-refractivity contribution in [2.24, 2.45) is 0 Å². The van der Waals surface area contributed by atoms with Crippen LogP contribution in [-0.4, -0.2) is 34.7 Å². The molecule has 1 aromatic carbocycles. The number of benzene rings is 1. The van der Waals surface area contributed by atoms with E-state index in [0.717, 1.165) is 25.3 Å². The number of ether oxygens (including phenoxy) is 1. The van der Waals surface area contributed by atoms with Gasteiger partial charge < -0.3 is 14.9 Å². The number of carboxylic acid groups (broad SMARTS) is 2. The van der Waals surface area contributed by atoms with Crippen LogP contribution in [-0.2, 0) is 4.74 Å². The van der Waals surface area contributed by atoms with E-state index in [2.05, 4.69) is 6.92 Å². The van der Waals surface area contributed by atoms with E-state index in [1.54, 1.807) is 0 Å². The first-order valence-electron chi connectivity index (χ1n) is 20.2. The van der Waals surface area contributed by atoms with Gasteiger partial charge in [0, 0.05) is 0 Å². The largest absolute Gasteiger partial charge is 0.478 e. The van der Waals surface area contributed by atoms with E-state index in [0.29, 0.717) is 0 Å². The van der Waals surface area contributed by atoms with Gasteiger partial charge in [0.2, 0.25) is 0 Å². The average molecular weight is 673 g/mol. The molecule has 0 saturated heterocycles. The summed E-state index contributed by atoms with van der Waals surface area (Å²) >= 11 is 0. The lowest BCUT2D eigenvalue weighted by atomic mass is 10.0. The van der Waals surface area contributed by atoms with E-state index in [4.69, 9.17) is 9.84 Å². The van der Waals surface area contributed by atoms with Gasteiger partial charge in [0.25, 0.3) is 0 Å². The van der Waals surface area contributed by atoms with E-state index in [9.17, 15) is 19.5 Å². The Balaban J connectivity index is 1.77. The van der Waals surface area contributed by atoms with Crippen molar-refractivity contribution in [1.82, 2.24) is 0 Å². The molecule has 6 nitrogen and oxygen atoms in total. The highest BCUT2D eigenvalue weighted by atomic mass is 16.5. The number of esters is 1. The predicted octanol–water partition coefficient (Wildman–Crippen LogP) is 13.4. The normalized spacial score (nSPS) is 11.2. The molecule has 0 bridgehead atoms. The molecule has 1 aromatic rings. The highest BCUT2D eigenvalue weighted by Crippen LogP contribution is 2.18. The van der Waals surface area contributed by atoms with Crippen LogP contribution in [0.5, 0.6) is 0 Å². The molecule has 6 heteroatoms. The summed E-state index contributed by atoms with van der Waals surface area (Å²) in [6.45, 7) is 2.53. The van der Waals surface area contributed by atoms with Crippen molar-refractivity contribution < 1.29 is 29.3 Å². The van der Waals surface area contributed by atoms with E-state index in [1.165, 1.54) is 192 Å². The molecule has 0 aromatic heterocycles. The molecule has 2 N–H and O–H groups in total. The van der Waals surface area contributed by atoms with Crippen LogP contribution in [0.4, 0.5) is 0 Å². The average Bonchev–Trinajstić information content (AvgIpc) is 3.08. The molecule has 0 atom stereocenters. The van der Waals surface area contributed by atoms with Crippen molar-refractivity contribution >= 4 is 17.9 Å². The molecule has 0 spiro atoms. The fraction of sp³-hybridized carbons (Fsp3) is 0.786. The van der Waals surface area contributed by atoms with Crippen LogP contribution >= 0.6 is 0 Å². The summed E-state index contributed by atoms with van der Waals surface area (Å²) in [4.78, 5) is 34.8. The van der Waals surface area contributed by atoms with E-state index in [1.807, 2.05) is 0 Å². The van der Waals surface area contributed by atoms with E-state index >= 15 is 0 Å². The second-order valence-corrected chi connectivity index (χ2v) is 14.1. The van der Waals surface area contributed by atoms with Gasteiger partial charge in [-0.25, -0.2) is 14.4 Å². The molecule has 0 saturated carbocycles. The van der Waals surface area contributed by atoms with Crippen molar-refractivity contribution in [3.8, 4) is 0 Å². The van der Waals surface area contributed by atoms with Gasteiger partial charge in [0.1, 0.15) is 0 Å². The van der Waals surface area contributed by atoms with Crippen LogP contribution in [0.3, 0.4) is 0 Å². The predicted molar refractivity (Wildman–Crippen MR) is 199 cm³/mol. The van der Waals surface area contributed by atoms with Gasteiger partial charge in [-0.3, -0.25) is 0 Å². The Bertz CT molecular complexity index is 942. The lowest BCUT2D eigenvalue weighted by Gasteiger charge is -2.08. The number of carbonyl (C=O) groups excluding carboxylic acids is 1. The summed E-state index contributed by atoms with van der Waals surface area (Å²) in [6.07, 6.45) is 42.2. The number of carbonyl (C=O) groups is 3. The SMILES string of the molecule is CCCCCCCCCCCCCCCCCCCCCCCCCCCCCCCCCOC(=O)c1ccc(C(=O)O)cc1C(=O)O. The van der Waals surface area contributed by atoms with Gasteiger partial charge in [-0.15, -0.1) is 0 Å². The zero-order valence-corrected chi connectivity index (χ0v) is 30.9. The lowest BCUT2D eigenvalue weighted by Crippen LogP contribution is -2.13. The first kappa shape index (κ1) is 43.7. The molecule has 276 valence electrons. The summed E-state index contributed by atoms with van der Waals surface area (Å²) < 4.78 is 5.23. The van der Waals surface area contributed by atoms with E-state index in [-0.39, 0.29) is 23.3 Å². The molecule has 0 unspecified atom stereocenters. The summed E-state index contributed by atoms with van der Waals surface area (Å²) in [5, 5.41) is 18.3. The van der Waals surface area contributed by atoms with Gasteiger partial charge in [0.15, 0.2) is 0 Å². The van der Waals surface area contributed by atoms with Gasteiger partial charge in [-0.05, 0) is 24.6 Å². The van der Waals surface area contributed by atoms with Crippen molar-refractivity contribution in [3.05, 3.63) is 34.9 Å². The van der Waals surface area contributed by atoms with Crippen molar-refractivity contribution in [2.45, 2.75) is 206 Å². The van der Waals surface area contributed by atoms with Crippen LogP contribution in [0.15, 0.2) is 18.2 Å². The maximum Gasteiger partial charge on any atom is 0.339 e. The minimum absolute atomic E-state index is 0.117. The molecule has 0 fully saturated rings. The highest BCUT2D eigenvalue weighted by Gasteiger charge is 2.20. The van der Waals surface area contributed by atoms with Crippen molar-refractivity contribution in [1.29, 1.82) is 0 Å². The molecule has 0 aliphatic rings. The zero-order valence-electron chi connectivity index (χ0n) is 30.9. The van der Waals surface area contributed by atoms with Crippen molar-refractivity contribution in [2.75, 3.05) is 6.61 Å². The number of rotatable bonds is 35. The second-order valence-electron chi connectivity index (χ2n) is 14.1. The Labute approximate surface area is 294 Å². The summed E-state index contributed by atoms with van der Waals surface area (Å²) in [7, 11) is 0. The number of hydrogen-bond donors (Lipinski definition) is 2. The third-order valence-corrected chi connectivity index (χ3v) is 9.70. The highest BCUT2D eigenvalue weighted by molar-refractivity contribution is 6.04. The minimum Gasteiger partial charge on any atom is -0.478 e. The van der Waals surface area contributed by atoms with Crippen LogP contribution < -0.4 is 0 Å². The molecule has 0 aliphatic carbocycles. The molecular weight excluding hydrogens is 600 g/mol. The third-order valence-electron chi connectivity index (χ3n) is 9.70. The van der Waals surface area contributed by atoms with Crippen LogP contribution in [0.25, 0.3) is 0 Å². The molecule has 0 aliphatic heterocycles. The molecular formula is C42H72O6. The Morgan fingerprint density at radius 2 is 0.750 bits per heavy atom. The second kappa shape index (κ2) is 31.9. The molecule has 0 radical (unpaired) electrons. The van der Waals surface area contributed by atoms with Gasteiger partial charge in [0.05, 0.1) is 23.3 Å². The Hall–Kier alpha value is -2.37. The van der Waals surface area contributed by atoms with Crippen LogP contribution in [0.2, 0.25) is 0 Å². The number of unbranched alkanes of at least 4 members (excludes halogenated alkanes) is 30. The van der Waals surface area contributed by atoms with Gasteiger partial charge in [-0.1, -0.05) is 200 Å². The summed E-state index contributed by atoms with van der Waals surface area (Å²) in [6, 6.07) is 3.42. The molecule has 0 heterocycles. The Kier molecular flexibility index (Phi) is 29.0. The number of carboxylic acids is 2. The topological polar surface area (TPSA) is 101 Å². The number of hydrogen-bond acceptors (Lipinski definition) is 4. The quantitative estimate of drug-likeness (QED) is 0.0550. The van der Waals surface area contributed by atoms with Crippen LogP contribution in [0.1, 0.15) is 237 Å². The molecule has 0 amide bonds. The fourth-order valence-electron chi connectivity index (χ4n) is 6.58. The van der Waals surface area contributed by atoms with E-state index < -0.39 is 17.9 Å². The van der Waals surface area contributed by atoms with Gasteiger partial charge in [-0.2, -0.15) is 0 Å². The smallest absolute Gasteiger partial charge is 0.339 e. The summed E-state index contributed by atoms with van der Waals surface area (Å²) in [5.74, 6) is -3.32. The monoisotopic (exact) mass is 673 g/mol. The maximum atomic E-state index is 12.3. The zero-order chi connectivity index (χ0) is 34.9. The number of aromatic carboxylic acids is 2. The molecule has 48 heavy (non-hydrogen) atoms. The lowest BCUT2D eigenvalue weighted by molar-refractivity contribution is 0.0486. The standard InChI is InChI=1S/C42H72O6/c1-2-3-4-5-6-7-8-9-10-11-12-13-14-15-16-17-18-19-20-21-22-23-24-25-26-27-28-29-30-31-32-35-48-42(47)38-34-33-37(40(43)44)36-39(38)41(45)46/h33-34,36H,2-32,35H2,1H3,(H,43,44)(H,45,46). The van der Waals surface area contributed by atoms with Crippen molar-refractivity contribution in [3.63, 3.8) is 0 Å². The Morgan fingerprint density at radius 1 is 0.438 bits per heavy atom. The fourth-order valence-corrected chi connectivity index (χ4v) is 6.58.